The molecular weight excluding hydrogens is 557 g/mol. The van der Waals surface area contributed by atoms with Gasteiger partial charge in [0, 0.05) is 42.1 Å². The SMILES string of the molecule is c1ccc(-c2ccc3c(c2)c2cc4sc5ccccc5c4cc2n3-c2nc(-c3ccccc3)nc(-c3ccccc3)n2)cc1. The Bertz CT molecular complexity index is 2420. The van der Waals surface area contributed by atoms with Gasteiger partial charge in [0.25, 0.3) is 0 Å². The van der Waals surface area contributed by atoms with Gasteiger partial charge < -0.3 is 0 Å². The van der Waals surface area contributed by atoms with Gasteiger partial charge in [-0.15, -0.1) is 11.3 Å². The maximum Gasteiger partial charge on any atom is 0.238 e. The summed E-state index contributed by atoms with van der Waals surface area (Å²) in [5, 5.41) is 4.86. The predicted molar refractivity (Wildman–Crippen MR) is 183 cm³/mol. The summed E-state index contributed by atoms with van der Waals surface area (Å²) >= 11 is 1.84. The van der Waals surface area contributed by atoms with E-state index in [2.05, 4.69) is 89.5 Å². The van der Waals surface area contributed by atoms with Crippen molar-refractivity contribution in [2.24, 2.45) is 0 Å². The second-order valence-electron chi connectivity index (χ2n) is 10.9. The van der Waals surface area contributed by atoms with E-state index in [0.717, 1.165) is 22.2 Å². The lowest BCUT2D eigenvalue weighted by atomic mass is 10.0. The van der Waals surface area contributed by atoms with E-state index in [4.69, 9.17) is 15.0 Å². The third-order valence-corrected chi connectivity index (χ3v) is 9.39. The summed E-state index contributed by atoms with van der Waals surface area (Å²) in [4.78, 5) is 15.2. The van der Waals surface area contributed by atoms with Crippen LogP contribution in [-0.4, -0.2) is 19.5 Å². The Kier molecular flexibility index (Phi) is 5.64. The number of hydrogen-bond donors (Lipinski definition) is 0. The van der Waals surface area contributed by atoms with Crippen LogP contribution in [0, 0.1) is 0 Å². The average molecular weight is 581 g/mol. The van der Waals surface area contributed by atoms with E-state index >= 15 is 0 Å². The van der Waals surface area contributed by atoms with Crippen LogP contribution >= 0.6 is 11.3 Å². The van der Waals surface area contributed by atoms with Gasteiger partial charge in [-0.25, -0.2) is 4.98 Å². The van der Waals surface area contributed by atoms with Gasteiger partial charge in [0.05, 0.1) is 11.0 Å². The van der Waals surface area contributed by atoms with Gasteiger partial charge in [-0.3, -0.25) is 4.57 Å². The van der Waals surface area contributed by atoms with E-state index in [1.807, 2.05) is 72.0 Å². The number of fused-ring (bicyclic) bond motifs is 6. The van der Waals surface area contributed by atoms with Gasteiger partial charge in [0.1, 0.15) is 0 Å². The van der Waals surface area contributed by atoms with Crippen LogP contribution in [0.4, 0.5) is 0 Å². The predicted octanol–water partition coefficient (Wildman–Crippen LogP) is 10.3. The second kappa shape index (κ2) is 9.97. The minimum absolute atomic E-state index is 0.601. The lowest BCUT2D eigenvalue weighted by Crippen LogP contribution is -2.06. The summed E-state index contributed by atoms with van der Waals surface area (Å²) < 4.78 is 4.77. The fourth-order valence-electron chi connectivity index (χ4n) is 6.16. The van der Waals surface area contributed by atoms with E-state index in [1.165, 1.54) is 42.1 Å². The lowest BCUT2D eigenvalue weighted by molar-refractivity contribution is 0.954. The molecule has 206 valence electrons. The highest BCUT2D eigenvalue weighted by molar-refractivity contribution is 7.25. The first-order valence-electron chi connectivity index (χ1n) is 14.6. The van der Waals surface area contributed by atoms with Gasteiger partial charge in [-0.05, 0) is 41.5 Å². The van der Waals surface area contributed by atoms with Gasteiger partial charge in [-0.2, -0.15) is 9.97 Å². The number of thiophene rings is 1. The molecule has 44 heavy (non-hydrogen) atoms. The molecule has 0 bridgehead atoms. The Balaban J connectivity index is 1.39. The minimum Gasteiger partial charge on any atom is -0.278 e. The first-order valence-corrected chi connectivity index (χ1v) is 15.4. The second-order valence-corrected chi connectivity index (χ2v) is 12.0. The van der Waals surface area contributed by atoms with Crippen LogP contribution in [0.15, 0.2) is 146 Å². The minimum atomic E-state index is 0.601. The molecule has 0 aliphatic rings. The van der Waals surface area contributed by atoms with Crippen molar-refractivity contribution in [2.45, 2.75) is 0 Å². The quantitative estimate of drug-likeness (QED) is 0.208. The summed E-state index contributed by atoms with van der Waals surface area (Å²) in [6.07, 6.45) is 0. The molecule has 0 atom stereocenters. The summed E-state index contributed by atoms with van der Waals surface area (Å²) in [6.45, 7) is 0. The third-order valence-electron chi connectivity index (χ3n) is 8.26. The van der Waals surface area contributed by atoms with E-state index in [0.29, 0.717) is 17.6 Å². The topological polar surface area (TPSA) is 43.6 Å². The number of nitrogens with zero attached hydrogens (tertiary/aromatic N) is 4. The molecule has 0 aliphatic carbocycles. The van der Waals surface area contributed by atoms with Crippen LogP contribution in [0.2, 0.25) is 0 Å². The van der Waals surface area contributed by atoms with E-state index < -0.39 is 0 Å². The molecule has 3 aromatic heterocycles. The van der Waals surface area contributed by atoms with Crippen molar-refractivity contribution in [3.8, 4) is 39.9 Å². The number of rotatable bonds is 4. The molecule has 0 radical (unpaired) electrons. The third kappa shape index (κ3) is 4.02. The summed E-state index contributed by atoms with van der Waals surface area (Å²) in [6, 6.07) is 50.9. The van der Waals surface area contributed by atoms with Crippen molar-refractivity contribution >= 4 is 53.3 Å². The monoisotopic (exact) mass is 580 g/mol. The molecular formula is C39H24N4S. The molecule has 0 unspecified atom stereocenters. The van der Waals surface area contributed by atoms with Crippen LogP contribution in [0.25, 0.3) is 81.8 Å². The first kappa shape index (κ1) is 24.9. The highest BCUT2D eigenvalue weighted by Crippen LogP contribution is 2.41. The zero-order chi connectivity index (χ0) is 29.0. The Morgan fingerprint density at radius 2 is 0.977 bits per heavy atom. The molecule has 0 spiro atoms. The molecule has 0 saturated heterocycles. The fourth-order valence-corrected chi connectivity index (χ4v) is 7.29. The summed E-state index contributed by atoms with van der Waals surface area (Å²) in [7, 11) is 0. The number of hydrogen-bond acceptors (Lipinski definition) is 4. The van der Waals surface area contributed by atoms with Gasteiger partial charge >= 0.3 is 0 Å². The van der Waals surface area contributed by atoms with Gasteiger partial charge in [0.15, 0.2) is 11.6 Å². The summed E-state index contributed by atoms with van der Waals surface area (Å²) in [5.41, 5.74) is 6.41. The number of benzene rings is 6. The normalized spacial score (nSPS) is 11.6. The smallest absolute Gasteiger partial charge is 0.238 e. The Morgan fingerprint density at radius 1 is 0.386 bits per heavy atom. The van der Waals surface area contributed by atoms with Crippen molar-refractivity contribution in [1.82, 2.24) is 19.5 Å². The molecule has 0 aliphatic heterocycles. The van der Waals surface area contributed by atoms with Gasteiger partial charge in [0.2, 0.25) is 5.95 Å². The molecule has 3 heterocycles. The molecule has 6 aromatic carbocycles. The van der Waals surface area contributed by atoms with Crippen LogP contribution in [0.5, 0.6) is 0 Å². The fraction of sp³-hybridized carbons (Fsp3) is 0. The molecule has 9 aromatic rings. The highest BCUT2D eigenvalue weighted by atomic mass is 32.1. The van der Waals surface area contributed by atoms with Crippen LogP contribution in [0.1, 0.15) is 0 Å². The van der Waals surface area contributed by atoms with Crippen LogP contribution in [0.3, 0.4) is 0 Å². The Labute approximate surface area is 257 Å². The van der Waals surface area contributed by atoms with E-state index in [9.17, 15) is 0 Å². The standard InChI is InChI=1S/C39H24N4S/c1-4-12-25(13-5-1)28-20-21-33-30(22-28)31-24-36-32(29-18-10-11-19-35(29)44-36)23-34(31)43(33)39-41-37(26-14-6-2-7-15-26)40-38(42-39)27-16-8-3-9-17-27/h1-24H. The largest absolute Gasteiger partial charge is 0.278 e. The molecule has 5 heteroatoms. The molecule has 4 nitrogen and oxygen atoms in total. The summed E-state index contributed by atoms with van der Waals surface area (Å²) in [5.74, 6) is 1.89. The van der Waals surface area contributed by atoms with E-state index in [-0.39, 0.29) is 0 Å². The Hall–Kier alpha value is -5.65. The maximum atomic E-state index is 5.13. The van der Waals surface area contributed by atoms with Crippen molar-refractivity contribution in [1.29, 1.82) is 0 Å². The zero-order valence-corrected chi connectivity index (χ0v) is 24.4. The molecule has 9 rings (SSSR count). The van der Waals surface area contributed by atoms with Gasteiger partial charge in [-0.1, -0.05) is 115 Å². The van der Waals surface area contributed by atoms with Crippen LogP contribution < -0.4 is 0 Å². The highest BCUT2D eigenvalue weighted by Gasteiger charge is 2.20. The zero-order valence-electron chi connectivity index (χ0n) is 23.6. The first-order chi connectivity index (χ1) is 21.8. The average Bonchev–Trinajstić information content (AvgIpc) is 3.62. The molecule has 0 amide bonds. The van der Waals surface area contributed by atoms with Crippen LogP contribution in [-0.2, 0) is 0 Å². The van der Waals surface area contributed by atoms with E-state index in [1.54, 1.807) is 0 Å². The van der Waals surface area contributed by atoms with Crippen molar-refractivity contribution in [2.75, 3.05) is 0 Å². The molecule has 0 N–H and O–H groups in total. The Morgan fingerprint density at radius 3 is 1.66 bits per heavy atom. The number of aromatic nitrogens is 4. The molecule has 0 saturated carbocycles. The molecule has 0 fully saturated rings. The maximum absolute atomic E-state index is 5.13. The lowest BCUT2D eigenvalue weighted by Gasteiger charge is -2.11. The van der Waals surface area contributed by atoms with Crippen molar-refractivity contribution in [3.63, 3.8) is 0 Å². The van der Waals surface area contributed by atoms with Crippen molar-refractivity contribution < 1.29 is 0 Å². The van der Waals surface area contributed by atoms with Crippen molar-refractivity contribution in [3.05, 3.63) is 146 Å².